The van der Waals surface area contributed by atoms with Gasteiger partial charge in [-0.15, -0.1) is 0 Å². The molecule has 0 aromatic rings. The number of ether oxygens (including phenoxy) is 1. The van der Waals surface area contributed by atoms with E-state index in [9.17, 15) is 4.79 Å². The van der Waals surface area contributed by atoms with E-state index < -0.39 is 20.4 Å². The van der Waals surface area contributed by atoms with Crippen LogP contribution >= 0.6 is 43.0 Å². The Labute approximate surface area is 172 Å². The van der Waals surface area contributed by atoms with Crippen LogP contribution in [0.1, 0.15) is 84.0 Å². The Morgan fingerprint density at radius 1 is 1.00 bits per heavy atom. The van der Waals surface area contributed by atoms with E-state index in [0.717, 1.165) is 6.42 Å². The molecule has 0 bridgehead atoms. The first-order valence-corrected chi connectivity index (χ1v) is 14.5. The van der Waals surface area contributed by atoms with Gasteiger partial charge >= 0.3 is 174 Å². The zero-order chi connectivity index (χ0) is 17.3. The number of halogens is 2. The van der Waals surface area contributed by atoms with E-state index in [0.29, 0.717) is 5.41 Å². The molecule has 5 aliphatic rings. The molecule has 0 amide bonds. The van der Waals surface area contributed by atoms with Gasteiger partial charge in [-0.3, -0.25) is 0 Å². The van der Waals surface area contributed by atoms with Gasteiger partial charge in [-0.2, -0.15) is 0 Å². The first-order chi connectivity index (χ1) is 11.9. The molecule has 2 N–H and O–H groups in total. The van der Waals surface area contributed by atoms with Gasteiger partial charge in [0.05, 0.1) is 0 Å². The van der Waals surface area contributed by atoms with Gasteiger partial charge in [-0.1, -0.05) is 0 Å². The number of alkyl halides is 2. The fraction of sp³-hybridized carbons (Fsp3) is 0.947. The monoisotopic (exact) mass is 572 g/mol. The molecule has 2 saturated heterocycles. The van der Waals surface area contributed by atoms with Crippen molar-refractivity contribution in [3.05, 3.63) is 0 Å². The van der Waals surface area contributed by atoms with Crippen LogP contribution in [0.2, 0.25) is 0 Å². The molecule has 2 heterocycles. The number of hydrogen-bond donors (Lipinski definition) is 2. The second kappa shape index (κ2) is 5.92. The third kappa shape index (κ3) is 2.74. The van der Waals surface area contributed by atoms with Gasteiger partial charge in [0, 0.05) is 0 Å². The molecule has 2 aliphatic heterocycles. The van der Waals surface area contributed by atoms with Crippen molar-refractivity contribution < 1.29 is 9.53 Å². The van der Waals surface area contributed by atoms with Crippen molar-refractivity contribution in [1.29, 1.82) is 0 Å². The molecular formula is C19H30I2N2O2. The quantitative estimate of drug-likeness (QED) is 0.125. The average molecular weight is 572 g/mol. The number of fused-ring (bicyclic) bond motifs is 1. The molecule has 2 spiro atoms. The molecule has 3 aliphatic carbocycles. The predicted octanol–water partition coefficient (Wildman–Crippen LogP) is 4.98. The summed E-state index contributed by atoms with van der Waals surface area (Å²) in [5.41, 5.74) is 0.459. The van der Waals surface area contributed by atoms with Crippen molar-refractivity contribution >= 4 is 48.9 Å². The van der Waals surface area contributed by atoms with Crippen LogP contribution in [0.25, 0.3) is 0 Å². The summed E-state index contributed by atoms with van der Waals surface area (Å²) in [6.45, 7) is 2.30. The Morgan fingerprint density at radius 3 is 2.12 bits per heavy atom. The van der Waals surface area contributed by atoms with Crippen LogP contribution in [0.3, 0.4) is 0 Å². The minimum atomic E-state index is -1.09. The number of carbonyl (C=O) groups excluding carboxylic acids is 1. The molecule has 5 rings (SSSR count). The van der Waals surface area contributed by atoms with E-state index >= 15 is 0 Å². The summed E-state index contributed by atoms with van der Waals surface area (Å²) in [5.74, 6) is 0.0400. The van der Waals surface area contributed by atoms with Crippen LogP contribution in [0.5, 0.6) is 0 Å². The number of nitrogens with one attached hydrogen (secondary N) is 2. The van der Waals surface area contributed by atoms with Crippen LogP contribution < -0.4 is 7.06 Å². The van der Waals surface area contributed by atoms with Crippen molar-refractivity contribution in [3.8, 4) is 0 Å². The zero-order valence-corrected chi connectivity index (χ0v) is 19.5. The van der Waals surface area contributed by atoms with Crippen molar-refractivity contribution in [2.75, 3.05) is 0 Å². The summed E-state index contributed by atoms with van der Waals surface area (Å²) < 4.78 is 13.4. The average Bonchev–Trinajstić information content (AvgIpc) is 3.43. The Morgan fingerprint density at radius 2 is 1.56 bits per heavy atom. The first-order valence-electron chi connectivity index (χ1n) is 10.1. The van der Waals surface area contributed by atoms with E-state index in [1.807, 2.05) is 0 Å². The number of rotatable bonds is 3. The SMILES string of the molecule is CC1(OC(=O)C(I)C23NI2N3)CC2(CCCCC2)CC12CCCCC2. The fourth-order valence-corrected chi connectivity index (χ4v) is 13.8. The normalized spacial score (nSPS) is 39.0. The van der Waals surface area contributed by atoms with Crippen LogP contribution in [-0.2, 0) is 9.53 Å². The third-order valence-corrected chi connectivity index (χ3v) is 15.0. The van der Waals surface area contributed by atoms with Gasteiger partial charge in [-0.05, 0) is 0 Å². The number of carbonyl (C=O) groups is 1. The van der Waals surface area contributed by atoms with Crippen LogP contribution in [0.4, 0.5) is 0 Å². The van der Waals surface area contributed by atoms with Crippen molar-refractivity contribution in [3.63, 3.8) is 0 Å². The summed E-state index contributed by atoms with van der Waals surface area (Å²) in [6, 6.07) is 0. The molecule has 2 unspecified atom stereocenters. The maximum absolute atomic E-state index is 13.0. The molecule has 5 fully saturated rings. The molecule has 0 aromatic heterocycles. The summed E-state index contributed by atoms with van der Waals surface area (Å²) in [4.78, 5) is 13.0. The number of esters is 1. The fourth-order valence-electron chi connectivity index (χ4n) is 6.47. The van der Waals surface area contributed by atoms with Gasteiger partial charge in [-0.25, -0.2) is 0 Å². The van der Waals surface area contributed by atoms with Crippen LogP contribution in [-0.4, -0.2) is 19.2 Å². The Hall–Kier alpha value is 0.850. The summed E-state index contributed by atoms with van der Waals surface area (Å²) in [7, 11) is 0. The molecular weight excluding hydrogens is 542 g/mol. The Kier molecular flexibility index (Phi) is 4.24. The van der Waals surface area contributed by atoms with Crippen molar-refractivity contribution in [2.45, 2.75) is 97.2 Å². The third-order valence-electron chi connectivity index (χ3n) is 7.85. The molecule has 2 atom stereocenters. The molecule has 0 radical (unpaired) electrons. The van der Waals surface area contributed by atoms with E-state index in [1.165, 1.54) is 70.6 Å². The molecule has 4 nitrogen and oxygen atoms in total. The second-order valence-corrected chi connectivity index (χ2v) is 15.1. The topological polar surface area (TPSA) is 70.2 Å². The summed E-state index contributed by atoms with van der Waals surface area (Å²) in [6.07, 6.45) is 15.8. The van der Waals surface area contributed by atoms with Gasteiger partial charge < -0.3 is 0 Å². The van der Waals surface area contributed by atoms with Crippen molar-refractivity contribution in [2.24, 2.45) is 10.8 Å². The molecule has 142 valence electrons. The standard InChI is InChI=1S/C19H30I2N2O2/c1-16(25-15(24)14(20)19-21(22-19)23-19)12-17(8-4-2-5-9-17)13-18(16)10-6-3-7-11-18/h14,22-23H,2-13H2,1H3. The van der Waals surface area contributed by atoms with Gasteiger partial charge in [0.25, 0.3) is 0 Å². The predicted molar refractivity (Wildman–Crippen MR) is 116 cm³/mol. The molecule has 3 saturated carbocycles. The van der Waals surface area contributed by atoms with Gasteiger partial charge in [0.2, 0.25) is 0 Å². The van der Waals surface area contributed by atoms with Gasteiger partial charge in [0.15, 0.2) is 0 Å². The minimum absolute atomic E-state index is 0.0266. The molecule has 0 aromatic carbocycles. The van der Waals surface area contributed by atoms with E-state index in [1.54, 1.807) is 0 Å². The summed E-state index contributed by atoms with van der Waals surface area (Å²) in [5, 5.41) is 0. The van der Waals surface area contributed by atoms with Crippen LogP contribution in [0.15, 0.2) is 0 Å². The first kappa shape index (κ1) is 17.9. The van der Waals surface area contributed by atoms with Crippen molar-refractivity contribution in [1.82, 2.24) is 7.06 Å². The molecule has 6 heteroatoms. The number of hydrogen-bond acceptors (Lipinski definition) is 4. The van der Waals surface area contributed by atoms with Crippen LogP contribution in [0, 0.1) is 10.8 Å². The molecule has 25 heavy (non-hydrogen) atoms. The second-order valence-electron chi connectivity index (χ2n) is 9.45. The van der Waals surface area contributed by atoms with Gasteiger partial charge in [0.1, 0.15) is 0 Å². The maximum atomic E-state index is 13.0. The van der Waals surface area contributed by atoms with E-state index in [2.05, 4.69) is 36.6 Å². The zero-order valence-electron chi connectivity index (χ0n) is 15.1. The summed E-state index contributed by atoms with van der Waals surface area (Å²) >= 11 is 1.23. The Bertz CT molecular complexity index is 580. The van der Waals surface area contributed by atoms with E-state index in [4.69, 9.17) is 4.74 Å². The Balaban J connectivity index is 1.40. The van der Waals surface area contributed by atoms with E-state index in [-0.39, 0.29) is 24.6 Å².